The van der Waals surface area contributed by atoms with E-state index in [1.165, 1.54) is 4.68 Å². The van der Waals surface area contributed by atoms with E-state index >= 15 is 0 Å². The maximum absolute atomic E-state index is 12.5. The van der Waals surface area contributed by atoms with Crippen LogP contribution in [-0.2, 0) is 4.79 Å². The molecule has 0 aliphatic carbocycles. The van der Waals surface area contributed by atoms with Crippen molar-refractivity contribution in [1.82, 2.24) is 14.9 Å². The predicted molar refractivity (Wildman–Crippen MR) is 116 cm³/mol. The van der Waals surface area contributed by atoms with Crippen molar-refractivity contribution < 1.29 is 4.79 Å². The molecule has 28 heavy (non-hydrogen) atoms. The summed E-state index contributed by atoms with van der Waals surface area (Å²) in [6.07, 6.45) is 0. The number of para-hydroxylation sites is 1. The Morgan fingerprint density at radius 2 is 1.79 bits per heavy atom. The molecular formula is C17H13Cl4N5OS. The Morgan fingerprint density at radius 1 is 1.11 bits per heavy atom. The van der Waals surface area contributed by atoms with Gasteiger partial charge in [0.05, 0.1) is 26.0 Å². The van der Waals surface area contributed by atoms with Crippen molar-refractivity contribution in [3.63, 3.8) is 0 Å². The Labute approximate surface area is 185 Å². The number of aromatic nitrogens is 3. The lowest BCUT2D eigenvalue weighted by molar-refractivity contribution is -0.115. The molecule has 6 nitrogen and oxygen atoms in total. The SMILES string of the molecule is CC(Sc1nnc(-c2ccc(Cl)cc2Cl)n1N)C(=O)Nc1c(Cl)cccc1Cl. The molecule has 0 fully saturated rings. The van der Waals surface area contributed by atoms with Gasteiger partial charge in [0.15, 0.2) is 5.82 Å². The number of nitrogen functional groups attached to an aromatic ring is 1. The summed E-state index contributed by atoms with van der Waals surface area (Å²) in [5.41, 5.74) is 0.930. The molecule has 0 aliphatic heterocycles. The van der Waals surface area contributed by atoms with E-state index in [-0.39, 0.29) is 5.91 Å². The van der Waals surface area contributed by atoms with Crippen LogP contribution in [-0.4, -0.2) is 26.0 Å². The number of nitrogens with one attached hydrogen (secondary N) is 1. The van der Waals surface area contributed by atoms with E-state index in [1.807, 2.05) is 0 Å². The summed E-state index contributed by atoms with van der Waals surface area (Å²) in [7, 11) is 0. The molecule has 1 atom stereocenters. The van der Waals surface area contributed by atoms with Crippen LogP contribution in [0.15, 0.2) is 41.6 Å². The third-order valence-electron chi connectivity index (χ3n) is 3.70. The average Bonchev–Trinajstić information content (AvgIpc) is 2.98. The number of rotatable bonds is 5. The zero-order valence-corrected chi connectivity index (χ0v) is 18.1. The third kappa shape index (κ3) is 4.50. The molecule has 0 saturated carbocycles. The Kier molecular flexibility index (Phi) is 6.62. The first-order chi connectivity index (χ1) is 13.3. The Bertz CT molecular complexity index is 1020. The van der Waals surface area contributed by atoms with Gasteiger partial charge in [-0.15, -0.1) is 10.2 Å². The number of carbonyl (C=O) groups is 1. The van der Waals surface area contributed by atoms with Gasteiger partial charge in [-0.2, -0.15) is 0 Å². The number of hydrogen-bond acceptors (Lipinski definition) is 5. The van der Waals surface area contributed by atoms with Crippen molar-refractivity contribution in [3.8, 4) is 11.4 Å². The summed E-state index contributed by atoms with van der Waals surface area (Å²) in [6, 6.07) is 9.93. The quantitative estimate of drug-likeness (QED) is 0.380. The molecule has 1 aromatic heterocycles. The minimum Gasteiger partial charge on any atom is -0.335 e. The molecular weight excluding hydrogens is 464 g/mol. The molecule has 3 N–H and O–H groups in total. The van der Waals surface area contributed by atoms with E-state index < -0.39 is 5.25 Å². The van der Waals surface area contributed by atoms with Crippen molar-refractivity contribution >= 4 is 69.8 Å². The molecule has 0 aliphatic rings. The van der Waals surface area contributed by atoms with Gasteiger partial charge in [0.2, 0.25) is 11.1 Å². The maximum atomic E-state index is 12.5. The second kappa shape index (κ2) is 8.80. The molecule has 0 saturated heterocycles. The number of amides is 1. The van der Waals surface area contributed by atoms with E-state index in [0.717, 1.165) is 11.8 Å². The zero-order chi connectivity index (χ0) is 20.4. The molecule has 11 heteroatoms. The highest BCUT2D eigenvalue weighted by Gasteiger charge is 2.22. The number of anilines is 1. The van der Waals surface area contributed by atoms with E-state index in [4.69, 9.17) is 52.2 Å². The predicted octanol–water partition coefficient (Wildman–Crippen LogP) is 5.39. The highest BCUT2D eigenvalue weighted by Crippen LogP contribution is 2.33. The largest absolute Gasteiger partial charge is 0.335 e. The van der Waals surface area contributed by atoms with Gasteiger partial charge < -0.3 is 11.2 Å². The van der Waals surface area contributed by atoms with Crippen molar-refractivity contribution in [3.05, 3.63) is 56.5 Å². The zero-order valence-electron chi connectivity index (χ0n) is 14.3. The van der Waals surface area contributed by atoms with Crippen LogP contribution in [0.3, 0.4) is 0 Å². The van der Waals surface area contributed by atoms with Gasteiger partial charge in [0, 0.05) is 10.6 Å². The first-order valence-corrected chi connectivity index (χ1v) is 10.2. The molecule has 1 amide bonds. The monoisotopic (exact) mass is 475 g/mol. The molecule has 0 radical (unpaired) electrons. The minimum atomic E-state index is -0.549. The van der Waals surface area contributed by atoms with Crippen LogP contribution in [0.5, 0.6) is 0 Å². The molecule has 0 bridgehead atoms. The number of nitrogens with zero attached hydrogens (tertiary/aromatic N) is 3. The third-order valence-corrected chi connectivity index (χ3v) is 5.93. The lowest BCUT2D eigenvalue weighted by atomic mass is 10.2. The van der Waals surface area contributed by atoms with Gasteiger partial charge in [-0.05, 0) is 37.3 Å². The second-order valence-corrected chi connectivity index (χ2v) is 8.61. The van der Waals surface area contributed by atoms with Crippen molar-refractivity contribution in [2.45, 2.75) is 17.3 Å². The summed E-state index contributed by atoms with van der Waals surface area (Å²) in [6.45, 7) is 1.70. The van der Waals surface area contributed by atoms with Gasteiger partial charge in [-0.1, -0.05) is 64.2 Å². The van der Waals surface area contributed by atoms with Crippen LogP contribution >= 0.6 is 58.2 Å². The summed E-state index contributed by atoms with van der Waals surface area (Å²) in [4.78, 5) is 12.5. The van der Waals surface area contributed by atoms with Crippen LogP contribution in [0.1, 0.15) is 6.92 Å². The smallest absolute Gasteiger partial charge is 0.237 e. The first-order valence-electron chi connectivity index (χ1n) is 7.85. The summed E-state index contributed by atoms with van der Waals surface area (Å²) in [5, 5.41) is 12.2. The average molecular weight is 477 g/mol. The van der Waals surface area contributed by atoms with Crippen LogP contribution in [0.2, 0.25) is 20.1 Å². The molecule has 0 spiro atoms. The molecule has 3 aromatic rings. The fourth-order valence-electron chi connectivity index (χ4n) is 2.27. The molecule has 2 aromatic carbocycles. The van der Waals surface area contributed by atoms with Gasteiger partial charge >= 0.3 is 0 Å². The van der Waals surface area contributed by atoms with Crippen molar-refractivity contribution in [2.24, 2.45) is 0 Å². The summed E-state index contributed by atoms with van der Waals surface area (Å²) < 4.78 is 1.27. The Morgan fingerprint density at radius 3 is 2.43 bits per heavy atom. The van der Waals surface area contributed by atoms with Crippen LogP contribution in [0.4, 0.5) is 5.69 Å². The van der Waals surface area contributed by atoms with Gasteiger partial charge in [0.1, 0.15) is 0 Å². The minimum absolute atomic E-state index is 0.311. The number of benzene rings is 2. The standard InChI is InChI=1S/C17H13Cl4N5OS/c1-8(16(27)23-14-11(19)3-2-4-12(14)20)28-17-25-24-15(26(17)22)10-6-5-9(18)7-13(10)21/h2-8H,22H2,1H3,(H,23,27). The summed E-state index contributed by atoms with van der Waals surface area (Å²) >= 11 is 25.4. The number of hydrogen-bond donors (Lipinski definition) is 2. The molecule has 1 heterocycles. The fraction of sp³-hybridized carbons (Fsp3) is 0.118. The highest BCUT2D eigenvalue weighted by molar-refractivity contribution is 8.00. The second-order valence-electron chi connectivity index (χ2n) is 5.65. The number of halogens is 4. The number of nitrogens with two attached hydrogens (primary N) is 1. The van der Waals surface area contributed by atoms with Crippen LogP contribution in [0.25, 0.3) is 11.4 Å². The Balaban J connectivity index is 1.77. The first kappa shape index (κ1) is 21.1. The van der Waals surface area contributed by atoms with Gasteiger partial charge in [0.25, 0.3) is 0 Å². The van der Waals surface area contributed by atoms with E-state index in [1.54, 1.807) is 43.3 Å². The van der Waals surface area contributed by atoms with E-state index in [0.29, 0.717) is 42.3 Å². The fourth-order valence-corrected chi connectivity index (χ4v) is 4.02. The van der Waals surface area contributed by atoms with Crippen LogP contribution < -0.4 is 11.2 Å². The topological polar surface area (TPSA) is 85.8 Å². The normalized spacial score (nSPS) is 12.0. The van der Waals surface area contributed by atoms with Gasteiger partial charge in [-0.25, -0.2) is 4.68 Å². The Hall–Kier alpha value is -1.64. The molecule has 3 rings (SSSR count). The van der Waals surface area contributed by atoms with Crippen molar-refractivity contribution in [2.75, 3.05) is 11.2 Å². The summed E-state index contributed by atoms with van der Waals surface area (Å²) in [5.74, 6) is 6.14. The molecule has 1 unspecified atom stereocenters. The maximum Gasteiger partial charge on any atom is 0.237 e. The number of carbonyl (C=O) groups excluding carboxylic acids is 1. The highest BCUT2D eigenvalue weighted by atomic mass is 35.5. The molecule has 146 valence electrons. The lowest BCUT2D eigenvalue weighted by Gasteiger charge is -2.13. The lowest BCUT2D eigenvalue weighted by Crippen LogP contribution is -2.24. The van der Waals surface area contributed by atoms with E-state index in [2.05, 4.69) is 15.5 Å². The van der Waals surface area contributed by atoms with Crippen molar-refractivity contribution in [1.29, 1.82) is 0 Å². The van der Waals surface area contributed by atoms with E-state index in [9.17, 15) is 4.79 Å². The van der Waals surface area contributed by atoms with Gasteiger partial charge in [-0.3, -0.25) is 4.79 Å². The van der Waals surface area contributed by atoms with Crippen LogP contribution in [0, 0.1) is 0 Å². The number of thioether (sulfide) groups is 1.